The first kappa shape index (κ1) is 14.5. The van der Waals surface area contributed by atoms with Gasteiger partial charge in [0.05, 0.1) is 4.83 Å². The van der Waals surface area contributed by atoms with E-state index in [-0.39, 0.29) is 10.6 Å². The van der Waals surface area contributed by atoms with Crippen LogP contribution in [0.25, 0.3) is 10.1 Å². The Hall–Kier alpha value is -0.420. The summed E-state index contributed by atoms with van der Waals surface area (Å²) in [6, 6.07) is 10.6. The Morgan fingerprint density at radius 2 is 1.95 bits per heavy atom. The van der Waals surface area contributed by atoms with E-state index in [0.717, 1.165) is 15.6 Å². The Kier molecular flexibility index (Phi) is 4.18. The van der Waals surface area contributed by atoms with E-state index in [1.54, 1.807) is 17.4 Å². The first-order valence-corrected chi connectivity index (χ1v) is 8.79. The molecule has 0 nitrogen and oxygen atoms in total. The fourth-order valence-electron chi connectivity index (χ4n) is 2.11. The normalized spacial score (nSPS) is 12.8. The van der Waals surface area contributed by atoms with E-state index in [2.05, 4.69) is 43.3 Å². The second-order valence-electron chi connectivity index (χ2n) is 4.34. The maximum absolute atomic E-state index is 13.2. The molecule has 5 heteroatoms. The van der Waals surface area contributed by atoms with Crippen molar-refractivity contribution < 1.29 is 4.39 Å². The SMILES string of the molecule is Fc1ccc(C(Br)c2csc3c(Br)cccc23)c(Cl)c1. The molecule has 3 aromatic rings. The topological polar surface area (TPSA) is 0 Å². The van der Waals surface area contributed by atoms with Crippen molar-refractivity contribution in [3.8, 4) is 0 Å². The third-order valence-corrected chi connectivity index (χ3v) is 6.37. The number of hydrogen-bond donors (Lipinski definition) is 0. The number of alkyl halides is 1. The molecule has 0 spiro atoms. The van der Waals surface area contributed by atoms with Gasteiger partial charge in [-0.3, -0.25) is 0 Å². The largest absolute Gasteiger partial charge is 0.207 e. The van der Waals surface area contributed by atoms with Crippen LogP contribution in [0.2, 0.25) is 5.02 Å². The van der Waals surface area contributed by atoms with E-state index in [1.807, 2.05) is 12.1 Å². The Balaban J connectivity index is 2.13. The number of halogens is 4. The van der Waals surface area contributed by atoms with Crippen molar-refractivity contribution in [1.82, 2.24) is 0 Å². The summed E-state index contributed by atoms with van der Waals surface area (Å²) < 4.78 is 15.4. The maximum atomic E-state index is 13.2. The molecule has 1 atom stereocenters. The number of benzene rings is 2. The van der Waals surface area contributed by atoms with Gasteiger partial charge in [-0.15, -0.1) is 11.3 Å². The predicted molar refractivity (Wildman–Crippen MR) is 91.7 cm³/mol. The first-order valence-electron chi connectivity index (χ1n) is 5.82. The van der Waals surface area contributed by atoms with Crippen molar-refractivity contribution in [3.63, 3.8) is 0 Å². The molecule has 1 heterocycles. The van der Waals surface area contributed by atoms with Crippen molar-refractivity contribution in [2.75, 3.05) is 0 Å². The molecule has 0 fully saturated rings. The molecule has 0 N–H and O–H groups in total. The average Bonchev–Trinajstić information content (AvgIpc) is 2.83. The Labute approximate surface area is 141 Å². The zero-order valence-electron chi connectivity index (χ0n) is 10.0. The highest BCUT2D eigenvalue weighted by Crippen LogP contribution is 2.42. The van der Waals surface area contributed by atoms with E-state index in [9.17, 15) is 4.39 Å². The molecular weight excluding hydrogens is 426 g/mol. The van der Waals surface area contributed by atoms with Gasteiger partial charge >= 0.3 is 0 Å². The van der Waals surface area contributed by atoms with Gasteiger partial charge in [-0.05, 0) is 56.0 Å². The lowest BCUT2D eigenvalue weighted by Gasteiger charge is -2.12. The third kappa shape index (κ3) is 2.54. The molecule has 102 valence electrons. The van der Waals surface area contributed by atoms with E-state index in [1.165, 1.54) is 22.2 Å². The van der Waals surface area contributed by atoms with Crippen LogP contribution in [0.1, 0.15) is 16.0 Å². The summed E-state index contributed by atoms with van der Waals surface area (Å²) >= 11 is 15.1. The lowest BCUT2D eigenvalue weighted by atomic mass is 10.0. The van der Waals surface area contributed by atoms with Crippen molar-refractivity contribution in [3.05, 3.63) is 68.2 Å². The Morgan fingerprint density at radius 3 is 2.70 bits per heavy atom. The summed E-state index contributed by atoms with van der Waals surface area (Å²) in [7, 11) is 0. The second kappa shape index (κ2) is 5.76. The van der Waals surface area contributed by atoms with Gasteiger partial charge in [0, 0.05) is 14.2 Å². The zero-order chi connectivity index (χ0) is 14.3. The van der Waals surface area contributed by atoms with Crippen LogP contribution in [-0.4, -0.2) is 0 Å². The van der Waals surface area contributed by atoms with E-state index < -0.39 is 0 Å². The minimum Gasteiger partial charge on any atom is -0.207 e. The van der Waals surface area contributed by atoms with Crippen molar-refractivity contribution in [2.45, 2.75) is 4.83 Å². The maximum Gasteiger partial charge on any atom is 0.124 e. The number of thiophene rings is 1. The molecule has 0 radical (unpaired) electrons. The van der Waals surface area contributed by atoms with Crippen LogP contribution in [0.15, 0.2) is 46.3 Å². The van der Waals surface area contributed by atoms with E-state index in [4.69, 9.17) is 11.6 Å². The van der Waals surface area contributed by atoms with Gasteiger partial charge in [-0.25, -0.2) is 4.39 Å². The molecule has 1 unspecified atom stereocenters. The molecule has 0 saturated heterocycles. The number of hydrogen-bond acceptors (Lipinski definition) is 1. The summed E-state index contributed by atoms with van der Waals surface area (Å²) in [5, 5.41) is 3.71. The molecule has 0 aliphatic carbocycles. The van der Waals surface area contributed by atoms with Crippen LogP contribution < -0.4 is 0 Å². The van der Waals surface area contributed by atoms with Gasteiger partial charge in [-0.1, -0.05) is 45.7 Å². The van der Waals surface area contributed by atoms with Gasteiger partial charge in [-0.2, -0.15) is 0 Å². The number of fused-ring (bicyclic) bond motifs is 1. The summed E-state index contributed by atoms with van der Waals surface area (Å²) in [6.07, 6.45) is 0. The summed E-state index contributed by atoms with van der Waals surface area (Å²) in [5.41, 5.74) is 2.01. The minimum absolute atomic E-state index is 0.0568. The third-order valence-electron chi connectivity index (χ3n) is 3.09. The highest BCUT2D eigenvalue weighted by Gasteiger charge is 2.18. The monoisotopic (exact) mass is 432 g/mol. The van der Waals surface area contributed by atoms with E-state index in [0.29, 0.717) is 5.02 Å². The zero-order valence-corrected chi connectivity index (χ0v) is 14.8. The molecule has 1 aromatic heterocycles. The molecule has 20 heavy (non-hydrogen) atoms. The lowest BCUT2D eigenvalue weighted by molar-refractivity contribution is 0.627. The van der Waals surface area contributed by atoms with Gasteiger partial charge in [0.25, 0.3) is 0 Å². The summed E-state index contributed by atoms with van der Waals surface area (Å²) in [4.78, 5) is -0.0568. The van der Waals surface area contributed by atoms with Crippen molar-refractivity contribution in [2.24, 2.45) is 0 Å². The van der Waals surface area contributed by atoms with E-state index >= 15 is 0 Å². The fourth-order valence-corrected chi connectivity index (χ4v) is 5.12. The summed E-state index contributed by atoms with van der Waals surface area (Å²) in [5.74, 6) is -0.323. The molecule has 0 amide bonds. The molecule has 2 aromatic carbocycles. The second-order valence-corrected chi connectivity index (χ2v) is 7.39. The van der Waals surface area contributed by atoms with Gasteiger partial charge in [0.15, 0.2) is 0 Å². The smallest absolute Gasteiger partial charge is 0.124 e. The Bertz CT molecular complexity index is 785. The molecule has 3 rings (SSSR count). The van der Waals surface area contributed by atoms with Crippen LogP contribution >= 0.6 is 54.8 Å². The molecule has 0 aliphatic heterocycles. The quantitative estimate of drug-likeness (QED) is 0.383. The van der Waals surface area contributed by atoms with Crippen molar-refractivity contribution in [1.29, 1.82) is 0 Å². The van der Waals surface area contributed by atoms with Crippen LogP contribution in [0.4, 0.5) is 4.39 Å². The van der Waals surface area contributed by atoms with Crippen LogP contribution in [-0.2, 0) is 0 Å². The number of rotatable bonds is 2. The predicted octanol–water partition coefficient (Wildman–Crippen LogP) is 6.94. The molecule has 0 saturated carbocycles. The van der Waals surface area contributed by atoms with Gasteiger partial charge in [0.2, 0.25) is 0 Å². The first-order chi connectivity index (χ1) is 9.58. The summed E-state index contributed by atoms with van der Waals surface area (Å²) in [6.45, 7) is 0. The molecule has 0 bridgehead atoms. The molecule has 0 aliphatic rings. The van der Waals surface area contributed by atoms with Crippen LogP contribution in [0, 0.1) is 5.82 Å². The highest BCUT2D eigenvalue weighted by atomic mass is 79.9. The minimum atomic E-state index is -0.323. The highest BCUT2D eigenvalue weighted by molar-refractivity contribution is 9.10. The standard InChI is InChI=1S/C15H8Br2ClFS/c16-12-3-1-2-9-11(7-20-15(9)12)14(17)10-5-4-8(19)6-13(10)18/h1-7,14H. The Morgan fingerprint density at radius 1 is 1.15 bits per heavy atom. The fraction of sp³-hybridized carbons (Fsp3) is 0.0667. The van der Waals surface area contributed by atoms with Crippen LogP contribution in [0.5, 0.6) is 0 Å². The van der Waals surface area contributed by atoms with Crippen LogP contribution in [0.3, 0.4) is 0 Å². The van der Waals surface area contributed by atoms with Crippen molar-refractivity contribution >= 4 is 64.9 Å². The molecular formula is C15H8Br2ClFS. The average molecular weight is 435 g/mol. The lowest BCUT2D eigenvalue weighted by Crippen LogP contribution is -1.93. The van der Waals surface area contributed by atoms with Gasteiger partial charge in [0.1, 0.15) is 5.82 Å². The van der Waals surface area contributed by atoms with Gasteiger partial charge < -0.3 is 0 Å².